The zero-order valence-electron chi connectivity index (χ0n) is 14.4. The number of carboxylic acid groups (broad SMARTS) is 1. The van der Waals surface area contributed by atoms with Gasteiger partial charge >= 0.3 is 5.97 Å². The fourth-order valence-corrected chi connectivity index (χ4v) is 2.44. The second kappa shape index (κ2) is 8.18. The lowest BCUT2D eigenvalue weighted by Gasteiger charge is -2.25. The van der Waals surface area contributed by atoms with Gasteiger partial charge in [0.15, 0.2) is 0 Å². The molecule has 2 aromatic rings. The lowest BCUT2D eigenvalue weighted by atomic mass is 10.1. The molecular weight excluding hydrogens is 326 g/mol. The summed E-state index contributed by atoms with van der Waals surface area (Å²) in [6.07, 6.45) is 3.23. The summed E-state index contributed by atoms with van der Waals surface area (Å²) in [7, 11) is 3.05. The summed E-state index contributed by atoms with van der Waals surface area (Å²) < 4.78 is 11.9. The highest BCUT2D eigenvalue weighted by Crippen LogP contribution is 2.24. The van der Waals surface area contributed by atoms with Gasteiger partial charge in [0.05, 0.1) is 14.2 Å². The zero-order valence-corrected chi connectivity index (χ0v) is 14.4. The third-order valence-corrected chi connectivity index (χ3v) is 3.70. The van der Waals surface area contributed by atoms with Crippen molar-refractivity contribution in [2.75, 3.05) is 20.8 Å². The minimum atomic E-state index is -1.09. The predicted octanol–water partition coefficient (Wildman–Crippen LogP) is 1.57. The lowest BCUT2D eigenvalue weighted by Crippen LogP contribution is -2.39. The van der Waals surface area contributed by atoms with Crippen molar-refractivity contribution >= 4 is 11.9 Å². The molecule has 0 aliphatic rings. The second-order valence-electron chi connectivity index (χ2n) is 5.47. The van der Waals surface area contributed by atoms with E-state index in [1.165, 1.54) is 23.8 Å². The molecule has 25 heavy (non-hydrogen) atoms. The number of carbonyl (C=O) groups excluding carboxylic acids is 1. The highest BCUT2D eigenvalue weighted by Gasteiger charge is 2.24. The Bertz CT molecular complexity index is 708. The van der Waals surface area contributed by atoms with Gasteiger partial charge in [0.2, 0.25) is 5.91 Å². The van der Waals surface area contributed by atoms with Crippen LogP contribution in [0.15, 0.2) is 36.7 Å². The van der Waals surface area contributed by atoms with Crippen molar-refractivity contribution in [3.8, 4) is 11.5 Å². The molecule has 0 saturated heterocycles. The number of nitrogens with zero attached hydrogens (tertiary/aromatic N) is 3. The number of ether oxygens (including phenoxy) is 2. The topological polar surface area (TPSA) is 93.9 Å². The Hall–Kier alpha value is -3.03. The third kappa shape index (κ3) is 4.72. The van der Waals surface area contributed by atoms with Gasteiger partial charge in [0, 0.05) is 25.0 Å². The Morgan fingerprint density at radius 2 is 1.88 bits per heavy atom. The molecule has 1 aromatic heterocycles. The maximum atomic E-state index is 12.7. The largest absolute Gasteiger partial charge is 0.497 e. The van der Waals surface area contributed by atoms with Gasteiger partial charge in [-0.2, -0.15) is 5.10 Å². The van der Waals surface area contributed by atoms with E-state index in [1.807, 2.05) is 0 Å². The summed E-state index contributed by atoms with van der Waals surface area (Å²) in [5, 5.41) is 13.2. The van der Waals surface area contributed by atoms with Gasteiger partial charge in [-0.25, -0.2) is 0 Å². The molecule has 0 spiro atoms. The van der Waals surface area contributed by atoms with E-state index in [4.69, 9.17) is 14.6 Å². The first-order valence-electron chi connectivity index (χ1n) is 7.66. The third-order valence-electron chi connectivity index (χ3n) is 3.70. The minimum absolute atomic E-state index is 0.115. The number of amides is 1. The number of aromatic nitrogens is 2. The summed E-state index contributed by atoms with van der Waals surface area (Å²) in [4.78, 5) is 25.2. The summed E-state index contributed by atoms with van der Waals surface area (Å²) in [5.41, 5.74) is 0.707. The van der Waals surface area contributed by atoms with Crippen LogP contribution in [0.5, 0.6) is 11.5 Å². The van der Waals surface area contributed by atoms with Gasteiger partial charge in [-0.15, -0.1) is 0 Å². The molecule has 1 atom stereocenters. The van der Waals surface area contributed by atoms with E-state index in [2.05, 4.69) is 5.10 Å². The molecule has 134 valence electrons. The van der Waals surface area contributed by atoms with Crippen molar-refractivity contribution in [3.05, 3.63) is 42.2 Å². The van der Waals surface area contributed by atoms with Gasteiger partial charge in [-0.05, 0) is 30.7 Å². The van der Waals surface area contributed by atoms with Crippen LogP contribution in [0.3, 0.4) is 0 Å². The Morgan fingerprint density at radius 1 is 1.24 bits per heavy atom. The smallest absolute Gasteiger partial charge is 0.323 e. The van der Waals surface area contributed by atoms with E-state index in [1.54, 1.807) is 43.6 Å². The number of carbonyl (C=O) groups is 2. The van der Waals surface area contributed by atoms with Crippen LogP contribution in [0, 0.1) is 0 Å². The van der Waals surface area contributed by atoms with Crippen molar-refractivity contribution in [1.82, 2.24) is 14.7 Å². The molecule has 1 aromatic carbocycles. The molecule has 0 saturated carbocycles. The first kappa shape index (κ1) is 18.3. The number of benzene rings is 1. The highest BCUT2D eigenvalue weighted by atomic mass is 16.5. The summed E-state index contributed by atoms with van der Waals surface area (Å²) in [5.74, 6) is -0.293. The van der Waals surface area contributed by atoms with E-state index >= 15 is 0 Å². The van der Waals surface area contributed by atoms with Crippen molar-refractivity contribution in [1.29, 1.82) is 0 Å². The van der Waals surface area contributed by atoms with Crippen LogP contribution in [0.1, 0.15) is 18.5 Å². The lowest BCUT2D eigenvalue weighted by molar-refractivity contribution is -0.146. The number of hydrogen-bond donors (Lipinski definition) is 1. The number of aliphatic carboxylic acids is 1. The van der Waals surface area contributed by atoms with Crippen LogP contribution in [-0.4, -0.2) is 52.4 Å². The SMILES string of the molecule is COc1cc(CN(CC(=O)O)C(=O)C(C)n2cccn2)cc(OC)c1. The average Bonchev–Trinajstić information content (AvgIpc) is 3.13. The number of methoxy groups -OCH3 is 2. The molecule has 1 heterocycles. The first-order valence-corrected chi connectivity index (χ1v) is 7.66. The molecule has 0 radical (unpaired) electrons. The van der Waals surface area contributed by atoms with Crippen LogP contribution >= 0.6 is 0 Å². The van der Waals surface area contributed by atoms with Crippen molar-refractivity contribution < 1.29 is 24.2 Å². The monoisotopic (exact) mass is 347 g/mol. The molecule has 1 amide bonds. The Balaban J connectivity index is 2.25. The molecule has 0 aliphatic carbocycles. The average molecular weight is 347 g/mol. The summed E-state index contributed by atoms with van der Waals surface area (Å²) in [6.45, 7) is 1.38. The fraction of sp³-hybridized carbons (Fsp3) is 0.353. The standard InChI is InChI=1S/C17H21N3O5/c1-12(20-6-4-5-18-20)17(23)19(11-16(21)22)10-13-7-14(24-2)9-15(8-13)25-3/h4-9,12H,10-11H2,1-3H3,(H,21,22). The van der Waals surface area contributed by atoms with Gasteiger partial charge in [0.25, 0.3) is 0 Å². The van der Waals surface area contributed by atoms with Gasteiger partial charge in [-0.1, -0.05) is 0 Å². The number of rotatable bonds is 8. The summed E-state index contributed by atoms with van der Waals surface area (Å²) >= 11 is 0. The molecule has 1 unspecified atom stereocenters. The normalized spacial score (nSPS) is 11.6. The molecule has 0 fully saturated rings. The van der Waals surface area contributed by atoms with Crippen molar-refractivity contribution in [3.63, 3.8) is 0 Å². The maximum absolute atomic E-state index is 12.7. The van der Waals surface area contributed by atoms with Crippen LogP contribution in [-0.2, 0) is 16.1 Å². The Kier molecular flexibility index (Phi) is 5.99. The van der Waals surface area contributed by atoms with E-state index in [-0.39, 0.29) is 12.5 Å². The molecule has 1 N–H and O–H groups in total. The summed E-state index contributed by atoms with van der Waals surface area (Å²) in [6, 6.07) is 6.28. The van der Waals surface area contributed by atoms with Crippen LogP contribution in [0.4, 0.5) is 0 Å². The maximum Gasteiger partial charge on any atom is 0.323 e. The predicted molar refractivity (Wildman–Crippen MR) is 89.5 cm³/mol. The van der Waals surface area contributed by atoms with E-state index in [0.29, 0.717) is 17.1 Å². The zero-order chi connectivity index (χ0) is 18.4. The molecular formula is C17H21N3O5. The molecule has 0 bridgehead atoms. The van der Waals surface area contributed by atoms with E-state index in [0.717, 1.165) is 0 Å². The first-order chi connectivity index (χ1) is 11.9. The Labute approximate surface area is 145 Å². The quantitative estimate of drug-likeness (QED) is 0.779. The van der Waals surface area contributed by atoms with Crippen LogP contribution < -0.4 is 9.47 Å². The van der Waals surface area contributed by atoms with Gasteiger partial charge < -0.3 is 19.5 Å². The minimum Gasteiger partial charge on any atom is -0.497 e. The van der Waals surface area contributed by atoms with E-state index in [9.17, 15) is 9.59 Å². The molecule has 8 heteroatoms. The highest BCUT2D eigenvalue weighted by molar-refractivity contribution is 5.84. The second-order valence-corrected chi connectivity index (χ2v) is 5.47. The van der Waals surface area contributed by atoms with Crippen LogP contribution in [0.25, 0.3) is 0 Å². The Morgan fingerprint density at radius 3 is 2.36 bits per heavy atom. The van der Waals surface area contributed by atoms with Crippen molar-refractivity contribution in [2.45, 2.75) is 19.5 Å². The van der Waals surface area contributed by atoms with Gasteiger partial charge in [-0.3, -0.25) is 14.3 Å². The molecule has 8 nitrogen and oxygen atoms in total. The van der Waals surface area contributed by atoms with E-state index < -0.39 is 18.6 Å². The van der Waals surface area contributed by atoms with Gasteiger partial charge in [0.1, 0.15) is 24.1 Å². The van der Waals surface area contributed by atoms with Crippen LogP contribution in [0.2, 0.25) is 0 Å². The number of hydrogen-bond acceptors (Lipinski definition) is 5. The number of carboxylic acids is 1. The molecule has 0 aliphatic heterocycles. The molecule has 2 rings (SSSR count). The fourth-order valence-electron chi connectivity index (χ4n) is 2.44. The van der Waals surface area contributed by atoms with Crippen molar-refractivity contribution in [2.24, 2.45) is 0 Å².